The van der Waals surface area contributed by atoms with Crippen LogP contribution in [0.4, 0.5) is 4.39 Å². The average molecular weight is 284 g/mol. The zero-order valence-corrected chi connectivity index (χ0v) is 10.4. The second-order valence-electron chi connectivity index (χ2n) is 3.67. The highest BCUT2D eigenvalue weighted by Gasteiger charge is 2.08. The summed E-state index contributed by atoms with van der Waals surface area (Å²) in [5, 5.41) is 12.6. The van der Waals surface area contributed by atoms with E-state index in [0.717, 1.165) is 0 Å². The number of hydrogen-bond donors (Lipinski definition) is 3. The Labute approximate surface area is 113 Å². The lowest BCUT2D eigenvalue weighted by molar-refractivity contribution is -0.137. The predicted molar refractivity (Wildman–Crippen MR) is 65.6 cm³/mol. The molecule has 0 radical (unpaired) electrons. The number of aliphatic carboxylic acids is 1. The lowest BCUT2D eigenvalue weighted by atomic mass is 10.3. The van der Waals surface area contributed by atoms with Crippen molar-refractivity contribution in [2.75, 3.05) is 19.7 Å². The summed E-state index contributed by atoms with van der Waals surface area (Å²) < 4.78 is 18.1. The maximum absolute atomic E-state index is 13.2. The van der Waals surface area contributed by atoms with Crippen LogP contribution in [0.15, 0.2) is 24.3 Å². The molecule has 0 aromatic heterocycles. The quantitative estimate of drug-likeness (QED) is 0.627. The van der Waals surface area contributed by atoms with Gasteiger partial charge in [-0.05, 0) is 12.1 Å². The van der Waals surface area contributed by atoms with Crippen LogP contribution < -0.4 is 15.4 Å². The highest BCUT2D eigenvalue weighted by molar-refractivity contribution is 5.87. The molecule has 0 fully saturated rings. The van der Waals surface area contributed by atoms with Gasteiger partial charge in [0.1, 0.15) is 6.54 Å². The number of carbonyl (C=O) groups excluding carboxylic acids is 2. The minimum Gasteiger partial charge on any atom is -0.481 e. The van der Waals surface area contributed by atoms with Gasteiger partial charge in [0.15, 0.2) is 18.2 Å². The van der Waals surface area contributed by atoms with Gasteiger partial charge in [0.2, 0.25) is 5.91 Å². The molecule has 0 unspecified atom stereocenters. The number of rotatable bonds is 7. The monoisotopic (exact) mass is 284 g/mol. The summed E-state index contributed by atoms with van der Waals surface area (Å²) in [4.78, 5) is 32.6. The van der Waals surface area contributed by atoms with Crippen LogP contribution in [0.2, 0.25) is 0 Å². The molecule has 0 aliphatic rings. The van der Waals surface area contributed by atoms with Gasteiger partial charge in [-0.25, -0.2) is 4.39 Å². The van der Waals surface area contributed by atoms with Gasteiger partial charge in [-0.15, -0.1) is 0 Å². The molecule has 0 bridgehead atoms. The fourth-order valence-electron chi connectivity index (χ4n) is 1.17. The van der Waals surface area contributed by atoms with Crippen molar-refractivity contribution in [3.8, 4) is 5.75 Å². The fourth-order valence-corrected chi connectivity index (χ4v) is 1.17. The van der Waals surface area contributed by atoms with Gasteiger partial charge in [0.05, 0.1) is 6.54 Å². The van der Waals surface area contributed by atoms with Crippen molar-refractivity contribution in [2.45, 2.75) is 0 Å². The van der Waals surface area contributed by atoms with Gasteiger partial charge in [-0.2, -0.15) is 0 Å². The first-order valence-corrected chi connectivity index (χ1v) is 5.61. The predicted octanol–water partition coefficient (Wildman–Crippen LogP) is -0.478. The number of amides is 2. The Kier molecular flexibility index (Phi) is 5.95. The molecule has 1 aromatic rings. The van der Waals surface area contributed by atoms with E-state index >= 15 is 0 Å². The van der Waals surface area contributed by atoms with Gasteiger partial charge in [0.25, 0.3) is 5.91 Å². The number of para-hydroxylation sites is 1. The van der Waals surface area contributed by atoms with E-state index in [4.69, 9.17) is 9.84 Å². The molecule has 0 saturated carbocycles. The summed E-state index contributed by atoms with van der Waals surface area (Å²) in [7, 11) is 0. The standard InChI is InChI=1S/C12H13FN2O5/c13-8-3-1-2-4-9(8)20-7-11(17)14-5-10(16)15-6-12(18)19/h1-4H,5-7H2,(H,14,17)(H,15,16)(H,18,19). The van der Waals surface area contributed by atoms with Crippen molar-refractivity contribution in [2.24, 2.45) is 0 Å². The highest BCUT2D eigenvalue weighted by Crippen LogP contribution is 2.14. The maximum Gasteiger partial charge on any atom is 0.322 e. The molecule has 3 N–H and O–H groups in total. The lowest BCUT2D eigenvalue weighted by Gasteiger charge is -2.08. The van der Waals surface area contributed by atoms with E-state index in [2.05, 4.69) is 10.6 Å². The summed E-state index contributed by atoms with van der Waals surface area (Å²) in [6.07, 6.45) is 0. The van der Waals surface area contributed by atoms with Crippen molar-refractivity contribution in [1.29, 1.82) is 0 Å². The summed E-state index contributed by atoms with van der Waals surface area (Å²) in [5.41, 5.74) is 0. The second-order valence-corrected chi connectivity index (χ2v) is 3.67. The van der Waals surface area contributed by atoms with Crippen molar-refractivity contribution >= 4 is 17.8 Å². The Morgan fingerprint density at radius 2 is 1.75 bits per heavy atom. The number of carboxylic acids is 1. The number of carbonyl (C=O) groups is 3. The Morgan fingerprint density at radius 3 is 2.40 bits per heavy atom. The Balaban J connectivity index is 2.25. The van der Waals surface area contributed by atoms with Crippen LogP contribution in [0.5, 0.6) is 5.75 Å². The third-order valence-electron chi connectivity index (χ3n) is 2.08. The topological polar surface area (TPSA) is 105 Å². The molecule has 0 spiro atoms. The first kappa shape index (κ1) is 15.4. The third kappa shape index (κ3) is 5.80. The number of halogens is 1. The summed E-state index contributed by atoms with van der Waals surface area (Å²) in [5.74, 6) is -3.13. The van der Waals surface area contributed by atoms with Gasteiger partial charge in [0, 0.05) is 0 Å². The number of hydrogen-bond acceptors (Lipinski definition) is 4. The van der Waals surface area contributed by atoms with Crippen molar-refractivity contribution in [3.05, 3.63) is 30.1 Å². The van der Waals surface area contributed by atoms with Crippen LogP contribution in [0, 0.1) is 5.82 Å². The summed E-state index contributed by atoms with van der Waals surface area (Å²) in [6, 6.07) is 5.58. The largest absolute Gasteiger partial charge is 0.481 e. The first-order chi connectivity index (χ1) is 9.49. The molecule has 7 nitrogen and oxygen atoms in total. The zero-order valence-electron chi connectivity index (χ0n) is 10.4. The van der Waals surface area contributed by atoms with Crippen LogP contribution in [-0.2, 0) is 14.4 Å². The van der Waals surface area contributed by atoms with E-state index in [9.17, 15) is 18.8 Å². The molecule has 0 aliphatic carbocycles. The van der Waals surface area contributed by atoms with Crippen LogP contribution in [0.1, 0.15) is 0 Å². The average Bonchev–Trinajstić information content (AvgIpc) is 2.42. The van der Waals surface area contributed by atoms with Crippen molar-refractivity contribution in [1.82, 2.24) is 10.6 Å². The minimum absolute atomic E-state index is 0.0713. The van der Waals surface area contributed by atoms with Crippen molar-refractivity contribution in [3.63, 3.8) is 0 Å². The molecule has 1 aromatic carbocycles. The summed E-state index contributed by atoms with van der Waals surface area (Å²) >= 11 is 0. The highest BCUT2D eigenvalue weighted by atomic mass is 19.1. The van der Waals surface area contributed by atoms with E-state index in [0.29, 0.717) is 0 Å². The van der Waals surface area contributed by atoms with E-state index in [1.807, 2.05) is 0 Å². The summed E-state index contributed by atoms with van der Waals surface area (Å²) in [6.45, 7) is -1.36. The molecule has 0 atom stereocenters. The Bertz CT molecular complexity index is 506. The van der Waals surface area contributed by atoms with Gasteiger partial charge in [-0.1, -0.05) is 12.1 Å². The number of nitrogens with one attached hydrogen (secondary N) is 2. The maximum atomic E-state index is 13.2. The Hall–Kier alpha value is -2.64. The molecule has 0 heterocycles. The van der Waals surface area contributed by atoms with Crippen LogP contribution >= 0.6 is 0 Å². The molecule has 0 saturated heterocycles. The van der Waals surface area contributed by atoms with Gasteiger partial charge in [-0.3, -0.25) is 14.4 Å². The molecular formula is C12H13FN2O5. The molecule has 1 rings (SSSR count). The smallest absolute Gasteiger partial charge is 0.322 e. The second kappa shape index (κ2) is 7.72. The zero-order chi connectivity index (χ0) is 15.0. The fraction of sp³-hybridized carbons (Fsp3) is 0.250. The SMILES string of the molecule is O=C(O)CNC(=O)CNC(=O)COc1ccccc1F. The minimum atomic E-state index is -1.19. The van der Waals surface area contributed by atoms with E-state index < -0.39 is 36.8 Å². The van der Waals surface area contributed by atoms with Crippen molar-refractivity contribution < 1.29 is 28.6 Å². The van der Waals surface area contributed by atoms with Gasteiger partial charge >= 0.3 is 5.97 Å². The number of ether oxygens (including phenoxy) is 1. The van der Waals surface area contributed by atoms with Gasteiger partial charge < -0.3 is 20.5 Å². The normalized spacial score (nSPS) is 9.65. The molecular weight excluding hydrogens is 271 g/mol. The number of benzene rings is 1. The van der Waals surface area contributed by atoms with E-state index in [1.54, 1.807) is 6.07 Å². The lowest BCUT2D eigenvalue weighted by Crippen LogP contribution is -2.40. The molecule has 20 heavy (non-hydrogen) atoms. The molecule has 8 heteroatoms. The van der Waals surface area contributed by atoms with Crippen LogP contribution in [0.3, 0.4) is 0 Å². The van der Waals surface area contributed by atoms with E-state index in [1.165, 1.54) is 18.2 Å². The number of carboxylic acid groups (broad SMARTS) is 1. The Morgan fingerprint density at radius 1 is 1.10 bits per heavy atom. The van der Waals surface area contributed by atoms with Crippen LogP contribution in [0.25, 0.3) is 0 Å². The van der Waals surface area contributed by atoms with E-state index in [-0.39, 0.29) is 12.3 Å². The first-order valence-electron chi connectivity index (χ1n) is 5.61. The molecule has 108 valence electrons. The molecule has 2 amide bonds. The third-order valence-corrected chi connectivity index (χ3v) is 2.08. The van der Waals surface area contributed by atoms with Crippen LogP contribution in [-0.4, -0.2) is 42.6 Å². The molecule has 0 aliphatic heterocycles.